The SMILES string of the molecule is CCCCNC(=O)C1CCC(C)N(C(=O)C=Cc2c(C)nn(CC(C)C)c2Cl)C1. The first-order valence-corrected chi connectivity index (χ1v) is 11.1. The van der Waals surface area contributed by atoms with Crippen LogP contribution < -0.4 is 5.32 Å². The smallest absolute Gasteiger partial charge is 0.246 e. The number of nitrogens with one attached hydrogen (secondary N) is 1. The van der Waals surface area contributed by atoms with E-state index in [0.29, 0.717) is 24.2 Å². The van der Waals surface area contributed by atoms with E-state index in [1.54, 1.807) is 21.7 Å². The third-order valence-corrected chi connectivity index (χ3v) is 5.80. The number of carbonyl (C=O) groups is 2. The Labute approximate surface area is 179 Å². The van der Waals surface area contributed by atoms with Crippen LogP contribution in [0, 0.1) is 18.8 Å². The third kappa shape index (κ3) is 6.33. The molecule has 0 bridgehead atoms. The van der Waals surface area contributed by atoms with Crippen LogP contribution in [-0.4, -0.2) is 45.6 Å². The maximum absolute atomic E-state index is 12.9. The first kappa shape index (κ1) is 23.5. The van der Waals surface area contributed by atoms with Crippen molar-refractivity contribution in [2.45, 2.75) is 72.9 Å². The minimum Gasteiger partial charge on any atom is -0.356 e. The molecule has 2 amide bonds. The molecule has 1 aliphatic rings. The van der Waals surface area contributed by atoms with E-state index in [1.807, 2.05) is 13.8 Å². The van der Waals surface area contributed by atoms with Crippen LogP contribution in [0.4, 0.5) is 0 Å². The highest BCUT2D eigenvalue weighted by atomic mass is 35.5. The van der Waals surface area contributed by atoms with Gasteiger partial charge < -0.3 is 10.2 Å². The molecule has 1 aliphatic heterocycles. The predicted molar refractivity (Wildman–Crippen MR) is 118 cm³/mol. The number of hydrogen-bond donors (Lipinski definition) is 1. The minimum absolute atomic E-state index is 0.0565. The summed E-state index contributed by atoms with van der Waals surface area (Å²) in [4.78, 5) is 27.1. The molecule has 2 heterocycles. The second-order valence-electron chi connectivity index (χ2n) is 8.46. The number of piperidine rings is 1. The van der Waals surface area contributed by atoms with E-state index in [2.05, 4.69) is 31.2 Å². The Morgan fingerprint density at radius 3 is 2.72 bits per heavy atom. The van der Waals surface area contributed by atoms with E-state index >= 15 is 0 Å². The molecule has 0 saturated carbocycles. The number of likely N-dealkylation sites (tertiary alicyclic amines) is 1. The van der Waals surface area contributed by atoms with Crippen molar-refractivity contribution in [2.24, 2.45) is 11.8 Å². The normalized spacial score (nSPS) is 19.9. The fourth-order valence-corrected chi connectivity index (χ4v) is 3.94. The van der Waals surface area contributed by atoms with Gasteiger partial charge in [-0.25, -0.2) is 0 Å². The molecule has 6 nitrogen and oxygen atoms in total. The number of rotatable bonds is 8. The average molecular weight is 423 g/mol. The number of aromatic nitrogens is 2. The highest BCUT2D eigenvalue weighted by molar-refractivity contribution is 6.31. The summed E-state index contributed by atoms with van der Waals surface area (Å²) in [6.07, 6.45) is 6.99. The number of carbonyl (C=O) groups excluding carboxylic acids is 2. The van der Waals surface area contributed by atoms with Crippen molar-refractivity contribution >= 4 is 29.5 Å². The minimum atomic E-state index is -0.139. The van der Waals surface area contributed by atoms with Crippen LogP contribution in [0.15, 0.2) is 6.08 Å². The summed E-state index contributed by atoms with van der Waals surface area (Å²) in [6.45, 7) is 12.1. The molecule has 0 aliphatic carbocycles. The Morgan fingerprint density at radius 2 is 2.07 bits per heavy atom. The largest absolute Gasteiger partial charge is 0.356 e. The van der Waals surface area contributed by atoms with Crippen LogP contribution in [0.5, 0.6) is 0 Å². The summed E-state index contributed by atoms with van der Waals surface area (Å²) in [5.74, 6) is 0.260. The van der Waals surface area contributed by atoms with Gasteiger partial charge >= 0.3 is 0 Å². The summed E-state index contributed by atoms with van der Waals surface area (Å²) in [5, 5.41) is 8.03. The molecule has 0 aromatic carbocycles. The lowest BCUT2D eigenvalue weighted by atomic mass is 9.92. The van der Waals surface area contributed by atoms with E-state index in [4.69, 9.17) is 11.6 Å². The molecular formula is C22H35ClN4O2. The van der Waals surface area contributed by atoms with Gasteiger partial charge in [0.1, 0.15) is 5.15 Å². The average Bonchev–Trinajstić information content (AvgIpc) is 2.92. The van der Waals surface area contributed by atoms with E-state index in [9.17, 15) is 9.59 Å². The Balaban J connectivity index is 2.05. The highest BCUT2D eigenvalue weighted by Crippen LogP contribution is 2.25. The van der Waals surface area contributed by atoms with Crippen LogP contribution in [0.25, 0.3) is 6.08 Å². The van der Waals surface area contributed by atoms with Gasteiger partial charge in [0.25, 0.3) is 0 Å². The van der Waals surface area contributed by atoms with E-state index in [-0.39, 0.29) is 23.8 Å². The molecule has 2 atom stereocenters. The van der Waals surface area contributed by atoms with Crippen LogP contribution in [-0.2, 0) is 16.1 Å². The molecule has 1 N–H and O–H groups in total. The number of nitrogens with zero attached hydrogens (tertiary/aromatic N) is 3. The zero-order chi connectivity index (χ0) is 21.6. The van der Waals surface area contributed by atoms with Gasteiger partial charge in [0.2, 0.25) is 11.8 Å². The van der Waals surface area contributed by atoms with E-state index in [1.165, 1.54) is 0 Å². The Hall–Kier alpha value is -1.82. The fraction of sp³-hybridized carbons (Fsp3) is 0.682. The number of amides is 2. The predicted octanol–water partition coefficient (Wildman–Crippen LogP) is 4.06. The van der Waals surface area contributed by atoms with Crippen molar-refractivity contribution in [3.05, 3.63) is 22.5 Å². The summed E-state index contributed by atoms with van der Waals surface area (Å²) < 4.78 is 1.78. The van der Waals surface area contributed by atoms with Crippen molar-refractivity contribution < 1.29 is 9.59 Å². The molecular weight excluding hydrogens is 388 g/mol. The second-order valence-corrected chi connectivity index (χ2v) is 8.82. The molecule has 1 aromatic heterocycles. The first-order chi connectivity index (χ1) is 13.7. The van der Waals surface area contributed by atoms with Crippen LogP contribution in [0.2, 0.25) is 5.15 Å². The van der Waals surface area contributed by atoms with Crippen LogP contribution in [0.1, 0.15) is 64.6 Å². The van der Waals surface area contributed by atoms with Crippen molar-refractivity contribution in [3.8, 4) is 0 Å². The maximum atomic E-state index is 12.9. The van der Waals surface area contributed by atoms with Gasteiger partial charge in [0.15, 0.2) is 0 Å². The highest BCUT2D eigenvalue weighted by Gasteiger charge is 2.31. The summed E-state index contributed by atoms with van der Waals surface area (Å²) in [7, 11) is 0. The molecule has 0 spiro atoms. The Bertz CT molecular complexity index is 741. The summed E-state index contributed by atoms with van der Waals surface area (Å²) >= 11 is 6.47. The molecule has 1 saturated heterocycles. The summed E-state index contributed by atoms with van der Waals surface area (Å²) in [5.41, 5.74) is 1.58. The molecule has 29 heavy (non-hydrogen) atoms. The zero-order valence-electron chi connectivity index (χ0n) is 18.4. The molecule has 1 fully saturated rings. The third-order valence-electron chi connectivity index (χ3n) is 5.41. The lowest BCUT2D eigenvalue weighted by Gasteiger charge is -2.36. The Kier molecular flexibility index (Phi) is 8.75. The van der Waals surface area contributed by atoms with E-state index in [0.717, 1.165) is 43.5 Å². The monoisotopic (exact) mass is 422 g/mol. The standard InChI is InChI=1S/C22H35ClN4O2/c1-6-7-12-24-22(29)18-9-8-16(4)26(14-18)20(28)11-10-19-17(5)25-27(21(19)23)13-15(2)3/h10-11,15-16,18H,6-9,12-14H2,1-5H3,(H,24,29). The topological polar surface area (TPSA) is 67.2 Å². The lowest BCUT2D eigenvalue weighted by Crippen LogP contribution is -2.49. The van der Waals surface area contributed by atoms with Crippen LogP contribution >= 0.6 is 11.6 Å². The molecule has 162 valence electrons. The van der Waals surface area contributed by atoms with Gasteiger partial charge in [0, 0.05) is 37.3 Å². The molecule has 7 heteroatoms. The van der Waals surface area contributed by atoms with Gasteiger partial charge in [0.05, 0.1) is 11.6 Å². The van der Waals surface area contributed by atoms with Gasteiger partial charge in [-0.05, 0) is 45.1 Å². The number of halogens is 1. The van der Waals surface area contributed by atoms with Crippen LogP contribution in [0.3, 0.4) is 0 Å². The quantitative estimate of drug-likeness (QED) is 0.507. The number of unbranched alkanes of at least 4 members (excludes halogenated alkanes) is 1. The van der Waals surface area contributed by atoms with Crippen molar-refractivity contribution in [1.82, 2.24) is 20.0 Å². The van der Waals surface area contributed by atoms with Gasteiger partial charge in [-0.3, -0.25) is 14.3 Å². The number of aryl methyl sites for hydroxylation is 1. The molecule has 2 unspecified atom stereocenters. The first-order valence-electron chi connectivity index (χ1n) is 10.7. The van der Waals surface area contributed by atoms with Crippen molar-refractivity contribution in [3.63, 3.8) is 0 Å². The molecule has 0 radical (unpaired) electrons. The van der Waals surface area contributed by atoms with Crippen molar-refractivity contribution in [1.29, 1.82) is 0 Å². The van der Waals surface area contributed by atoms with Gasteiger partial charge in [-0.15, -0.1) is 0 Å². The maximum Gasteiger partial charge on any atom is 0.246 e. The number of hydrogen-bond acceptors (Lipinski definition) is 3. The van der Waals surface area contributed by atoms with Crippen molar-refractivity contribution in [2.75, 3.05) is 13.1 Å². The van der Waals surface area contributed by atoms with Gasteiger partial charge in [-0.1, -0.05) is 38.8 Å². The van der Waals surface area contributed by atoms with Gasteiger partial charge in [-0.2, -0.15) is 5.10 Å². The zero-order valence-corrected chi connectivity index (χ0v) is 19.1. The second kappa shape index (κ2) is 10.8. The summed E-state index contributed by atoms with van der Waals surface area (Å²) in [6, 6.07) is 0.118. The van der Waals surface area contributed by atoms with E-state index < -0.39 is 0 Å². The molecule has 1 aromatic rings. The molecule has 2 rings (SSSR count). The lowest BCUT2D eigenvalue weighted by molar-refractivity contribution is -0.134. The Morgan fingerprint density at radius 1 is 1.34 bits per heavy atom. The fourth-order valence-electron chi connectivity index (χ4n) is 3.63.